The van der Waals surface area contributed by atoms with E-state index in [1.807, 2.05) is 6.92 Å². The van der Waals surface area contributed by atoms with Gasteiger partial charge in [0.05, 0.1) is 30.9 Å². The van der Waals surface area contributed by atoms with E-state index in [9.17, 15) is 18.8 Å². The van der Waals surface area contributed by atoms with Crippen LogP contribution in [0.15, 0.2) is 18.2 Å². The van der Waals surface area contributed by atoms with E-state index in [2.05, 4.69) is 10.4 Å². The van der Waals surface area contributed by atoms with Gasteiger partial charge in [-0.15, -0.1) is 0 Å². The number of halogens is 1. The van der Waals surface area contributed by atoms with Gasteiger partial charge in [0.15, 0.2) is 0 Å². The lowest BCUT2D eigenvalue weighted by molar-refractivity contribution is -0.111. The molecule has 0 aliphatic carbocycles. The Morgan fingerprint density at radius 3 is 2.91 bits per heavy atom. The van der Waals surface area contributed by atoms with Gasteiger partial charge in [0.2, 0.25) is 0 Å². The number of nitrogens with one attached hydrogen (secondary N) is 1. The number of carbonyl (C=O) groups excluding carboxylic acids is 3. The summed E-state index contributed by atoms with van der Waals surface area (Å²) < 4.78 is 15.2. The number of fused-ring (bicyclic) bond motifs is 3. The lowest BCUT2D eigenvalue weighted by Crippen LogP contribution is -2.46. The molecule has 1 N–H and O–H groups in total. The zero-order valence-corrected chi connectivity index (χ0v) is 17.7. The highest BCUT2D eigenvalue weighted by Gasteiger charge is 2.37. The minimum atomic E-state index is -0.657. The molecule has 2 aliphatic rings. The fourth-order valence-electron chi connectivity index (χ4n) is 4.09. The van der Waals surface area contributed by atoms with Crippen molar-refractivity contribution in [3.8, 4) is 6.07 Å². The van der Waals surface area contributed by atoms with E-state index in [1.165, 1.54) is 17.1 Å². The average molecular weight is 439 g/mol. The van der Waals surface area contributed by atoms with Gasteiger partial charge in [0.1, 0.15) is 23.9 Å². The smallest absolute Gasteiger partial charge is 0.317 e. The SMILES string of the molecule is C[C@@H]1Cc2nn3c(c2CN1C(=O)Nc1ccc(F)c(C#N)c1)C(=O)N(C)N(CC=O)CC3. The number of nitrogens with zero attached hydrogens (tertiary/aromatic N) is 6. The quantitative estimate of drug-likeness (QED) is 0.723. The third-order valence-corrected chi connectivity index (χ3v) is 5.86. The van der Waals surface area contributed by atoms with Crippen LogP contribution in [0.2, 0.25) is 0 Å². The molecule has 0 spiro atoms. The number of aromatic nitrogens is 2. The monoisotopic (exact) mass is 439 g/mol. The van der Waals surface area contributed by atoms with Gasteiger partial charge >= 0.3 is 6.03 Å². The molecular formula is C21H22FN7O3. The summed E-state index contributed by atoms with van der Waals surface area (Å²) in [5.41, 5.74) is 2.01. The van der Waals surface area contributed by atoms with Crippen LogP contribution in [0.4, 0.5) is 14.9 Å². The number of benzene rings is 1. The molecule has 0 fully saturated rings. The molecule has 0 unspecified atom stereocenters. The molecule has 0 radical (unpaired) electrons. The Morgan fingerprint density at radius 2 is 2.19 bits per heavy atom. The number of anilines is 1. The predicted molar refractivity (Wildman–Crippen MR) is 111 cm³/mol. The first-order chi connectivity index (χ1) is 15.3. The molecule has 1 aromatic heterocycles. The fourth-order valence-corrected chi connectivity index (χ4v) is 4.09. The molecule has 0 saturated heterocycles. The average Bonchev–Trinajstić information content (AvgIpc) is 3.07. The Hall–Kier alpha value is -3.78. The van der Waals surface area contributed by atoms with Gasteiger partial charge in [0, 0.05) is 37.3 Å². The van der Waals surface area contributed by atoms with Gasteiger partial charge in [-0.2, -0.15) is 10.4 Å². The second-order valence-corrected chi connectivity index (χ2v) is 7.82. The molecule has 3 amide bonds. The highest BCUT2D eigenvalue weighted by molar-refractivity contribution is 5.95. The van der Waals surface area contributed by atoms with E-state index in [1.54, 1.807) is 27.7 Å². The largest absolute Gasteiger partial charge is 0.322 e. The summed E-state index contributed by atoms with van der Waals surface area (Å²) in [4.78, 5) is 38.6. The maximum Gasteiger partial charge on any atom is 0.322 e. The number of hydrazine groups is 1. The second-order valence-electron chi connectivity index (χ2n) is 7.82. The number of hydrogen-bond acceptors (Lipinski definition) is 6. The Labute approximate surface area is 183 Å². The number of amides is 3. The van der Waals surface area contributed by atoms with Crippen LogP contribution < -0.4 is 5.32 Å². The van der Waals surface area contributed by atoms with E-state index >= 15 is 0 Å². The van der Waals surface area contributed by atoms with Crippen LogP contribution in [0.3, 0.4) is 0 Å². The second kappa shape index (κ2) is 8.39. The highest BCUT2D eigenvalue weighted by atomic mass is 19.1. The molecule has 10 nitrogen and oxygen atoms in total. The van der Waals surface area contributed by atoms with Crippen LogP contribution in [0.1, 0.15) is 34.2 Å². The fraction of sp³-hybridized carbons (Fsp3) is 0.381. The molecular weight excluding hydrogens is 417 g/mol. The Bertz CT molecular complexity index is 1140. The molecule has 11 heteroatoms. The topological polar surface area (TPSA) is 115 Å². The number of rotatable bonds is 3. The van der Waals surface area contributed by atoms with Crippen molar-refractivity contribution in [1.82, 2.24) is 24.7 Å². The maximum absolute atomic E-state index is 13.6. The Kier molecular flexibility index (Phi) is 5.63. The van der Waals surface area contributed by atoms with E-state index in [-0.39, 0.29) is 30.6 Å². The van der Waals surface area contributed by atoms with E-state index in [0.717, 1.165) is 18.0 Å². The van der Waals surface area contributed by atoms with Gasteiger partial charge < -0.3 is 15.0 Å². The summed E-state index contributed by atoms with van der Waals surface area (Å²) in [5.74, 6) is -0.944. The zero-order valence-electron chi connectivity index (χ0n) is 17.7. The molecule has 0 bridgehead atoms. The van der Waals surface area contributed by atoms with E-state index in [0.29, 0.717) is 36.5 Å². The minimum absolute atomic E-state index is 0.100. The number of aldehydes is 1. The molecule has 2 aliphatic heterocycles. The van der Waals surface area contributed by atoms with Gasteiger partial charge in [0.25, 0.3) is 5.91 Å². The number of urea groups is 1. The summed E-state index contributed by atoms with van der Waals surface area (Å²) in [6.45, 7) is 3.07. The summed E-state index contributed by atoms with van der Waals surface area (Å²) in [6, 6.07) is 4.94. The van der Waals surface area contributed by atoms with E-state index < -0.39 is 11.8 Å². The van der Waals surface area contributed by atoms with Crippen LogP contribution >= 0.6 is 0 Å². The minimum Gasteiger partial charge on any atom is -0.317 e. The van der Waals surface area contributed by atoms with E-state index in [4.69, 9.17) is 5.26 Å². The lowest BCUT2D eigenvalue weighted by Gasteiger charge is -2.33. The van der Waals surface area contributed by atoms with Crippen LogP contribution in [-0.4, -0.2) is 69.1 Å². The number of carbonyl (C=O) groups is 3. The highest BCUT2D eigenvalue weighted by Crippen LogP contribution is 2.29. The molecule has 4 rings (SSSR count). The Morgan fingerprint density at radius 1 is 1.41 bits per heavy atom. The van der Waals surface area contributed by atoms with Crippen molar-refractivity contribution in [2.75, 3.05) is 25.5 Å². The molecule has 1 aromatic carbocycles. The van der Waals surface area contributed by atoms with Gasteiger partial charge in [-0.05, 0) is 25.1 Å². The van der Waals surface area contributed by atoms with Gasteiger partial charge in [-0.3, -0.25) is 14.5 Å². The molecule has 32 heavy (non-hydrogen) atoms. The molecule has 0 saturated carbocycles. The number of hydrogen-bond donors (Lipinski definition) is 1. The summed E-state index contributed by atoms with van der Waals surface area (Å²) >= 11 is 0. The Balaban J connectivity index is 1.59. The first-order valence-corrected chi connectivity index (χ1v) is 10.2. The molecule has 1 atom stereocenters. The normalized spacial score (nSPS) is 18.4. The maximum atomic E-state index is 13.6. The summed E-state index contributed by atoms with van der Waals surface area (Å²) in [6.07, 6.45) is 1.22. The predicted octanol–water partition coefficient (Wildman–Crippen LogP) is 1.37. The zero-order chi connectivity index (χ0) is 23.0. The van der Waals surface area contributed by atoms with Crippen molar-refractivity contribution in [2.24, 2.45) is 0 Å². The number of nitriles is 1. The van der Waals surface area contributed by atoms with Crippen molar-refractivity contribution < 1.29 is 18.8 Å². The van der Waals surface area contributed by atoms with Crippen molar-refractivity contribution >= 4 is 23.9 Å². The van der Waals surface area contributed by atoms with Crippen molar-refractivity contribution in [3.63, 3.8) is 0 Å². The van der Waals surface area contributed by atoms with Crippen molar-refractivity contribution in [1.29, 1.82) is 5.26 Å². The van der Waals surface area contributed by atoms with Gasteiger partial charge in [-0.25, -0.2) is 14.2 Å². The lowest BCUT2D eigenvalue weighted by atomic mass is 9.99. The van der Waals surface area contributed by atoms with Crippen LogP contribution in [-0.2, 0) is 24.3 Å². The first-order valence-electron chi connectivity index (χ1n) is 10.2. The molecule has 3 heterocycles. The van der Waals surface area contributed by atoms with Crippen molar-refractivity contribution in [3.05, 3.63) is 46.5 Å². The first kappa shape index (κ1) is 21.5. The van der Waals surface area contributed by atoms with Crippen LogP contribution in [0, 0.1) is 17.1 Å². The van der Waals surface area contributed by atoms with Crippen LogP contribution in [0.5, 0.6) is 0 Å². The molecule has 166 valence electrons. The summed E-state index contributed by atoms with van der Waals surface area (Å²) in [5, 5.41) is 19.4. The summed E-state index contributed by atoms with van der Waals surface area (Å²) in [7, 11) is 1.61. The third-order valence-electron chi connectivity index (χ3n) is 5.86. The third kappa shape index (κ3) is 3.69. The van der Waals surface area contributed by atoms with Gasteiger partial charge in [-0.1, -0.05) is 0 Å². The standard InChI is InChI=1S/C21H22FN7O3/c1-13-9-18-16(19-20(31)26(2)27(7-8-30)5-6-29(19)25-18)12-28(13)21(32)24-15-3-4-17(22)14(10-15)11-23/h3-4,8,10,13H,5-7,9,12H2,1-2H3,(H,24,32)/t13-/m1/s1. The molecule has 2 aromatic rings. The van der Waals surface area contributed by atoms with Crippen molar-refractivity contribution in [2.45, 2.75) is 32.5 Å². The van der Waals surface area contributed by atoms with Crippen LogP contribution in [0.25, 0.3) is 0 Å².